The summed E-state index contributed by atoms with van der Waals surface area (Å²) in [6, 6.07) is 7.77. The molecule has 2 aromatic rings. The van der Waals surface area contributed by atoms with Crippen LogP contribution in [0.2, 0.25) is 5.02 Å². The van der Waals surface area contributed by atoms with E-state index in [4.69, 9.17) is 11.6 Å². The third-order valence-corrected chi connectivity index (χ3v) is 4.10. The van der Waals surface area contributed by atoms with E-state index in [1.54, 1.807) is 18.3 Å². The van der Waals surface area contributed by atoms with Crippen LogP contribution in [0.25, 0.3) is 0 Å². The molecule has 1 aromatic heterocycles. The Bertz CT molecular complexity index is 505. The van der Waals surface area contributed by atoms with Crippen LogP contribution >= 0.6 is 22.9 Å². The maximum atomic E-state index is 9.57. The number of aryl methyl sites for hydroxylation is 1. The summed E-state index contributed by atoms with van der Waals surface area (Å²) in [6.45, 7) is 3.70. The molecule has 1 aromatic carbocycles. The first-order chi connectivity index (χ1) is 8.06. The maximum absolute atomic E-state index is 9.57. The quantitative estimate of drug-likeness (QED) is 0.919. The molecule has 1 heterocycles. The number of aliphatic hydroxyl groups is 1. The van der Waals surface area contributed by atoms with Crippen molar-refractivity contribution in [3.8, 4) is 0 Å². The molecule has 2 rings (SSSR count). The summed E-state index contributed by atoms with van der Waals surface area (Å²) in [5.74, 6) is 0. The number of hydrogen-bond donors (Lipinski definition) is 1. The second kappa shape index (κ2) is 5.17. The third-order valence-electron chi connectivity index (χ3n) is 2.52. The molecule has 0 bridgehead atoms. The number of aromatic nitrogens is 1. The summed E-state index contributed by atoms with van der Waals surface area (Å²) in [6.07, 6.45) is 0.349. The molecule has 1 atom stereocenters. The van der Waals surface area contributed by atoms with Crippen molar-refractivity contribution in [2.75, 3.05) is 0 Å². The second-order valence-corrected chi connectivity index (χ2v) is 5.59. The molecular weight excluding hydrogens is 254 g/mol. The van der Waals surface area contributed by atoms with E-state index in [1.165, 1.54) is 5.56 Å². The van der Waals surface area contributed by atoms with Gasteiger partial charge >= 0.3 is 0 Å². The van der Waals surface area contributed by atoms with Gasteiger partial charge in [0.05, 0.1) is 21.7 Å². The van der Waals surface area contributed by atoms with Crippen molar-refractivity contribution in [1.29, 1.82) is 0 Å². The SMILES string of the molecule is Cc1nc(Cc2ccc(Cl)cc2)sc1C(C)O. The summed E-state index contributed by atoms with van der Waals surface area (Å²) >= 11 is 7.41. The number of thiazole rings is 1. The Morgan fingerprint density at radius 3 is 2.53 bits per heavy atom. The number of halogens is 1. The van der Waals surface area contributed by atoms with Crippen molar-refractivity contribution >= 4 is 22.9 Å². The van der Waals surface area contributed by atoms with Gasteiger partial charge in [0.25, 0.3) is 0 Å². The van der Waals surface area contributed by atoms with Gasteiger partial charge in [-0.05, 0) is 31.5 Å². The Balaban J connectivity index is 2.19. The first-order valence-corrected chi connectivity index (χ1v) is 6.64. The molecule has 0 radical (unpaired) electrons. The predicted octanol–water partition coefficient (Wildman–Crippen LogP) is 3.75. The van der Waals surface area contributed by atoms with Crippen LogP contribution in [0, 0.1) is 6.92 Å². The van der Waals surface area contributed by atoms with E-state index >= 15 is 0 Å². The van der Waals surface area contributed by atoms with E-state index in [1.807, 2.05) is 31.2 Å². The first-order valence-electron chi connectivity index (χ1n) is 5.45. The van der Waals surface area contributed by atoms with Crippen LogP contribution < -0.4 is 0 Å². The molecule has 17 heavy (non-hydrogen) atoms. The van der Waals surface area contributed by atoms with Crippen LogP contribution in [0.4, 0.5) is 0 Å². The molecule has 0 saturated carbocycles. The lowest BCUT2D eigenvalue weighted by Gasteiger charge is -1.99. The molecule has 2 nitrogen and oxygen atoms in total. The number of hydrogen-bond acceptors (Lipinski definition) is 3. The molecule has 4 heteroatoms. The normalized spacial score (nSPS) is 12.7. The topological polar surface area (TPSA) is 33.1 Å². The lowest BCUT2D eigenvalue weighted by Crippen LogP contribution is -1.89. The van der Waals surface area contributed by atoms with Crippen LogP contribution in [0.1, 0.15) is 34.2 Å². The summed E-state index contributed by atoms with van der Waals surface area (Å²) in [7, 11) is 0. The van der Waals surface area contributed by atoms with E-state index in [0.29, 0.717) is 0 Å². The largest absolute Gasteiger partial charge is 0.388 e. The molecule has 90 valence electrons. The molecule has 0 aliphatic carbocycles. The van der Waals surface area contributed by atoms with Crippen LogP contribution in [-0.2, 0) is 6.42 Å². The Hall–Kier alpha value is -0.900. The van der Waals surface area contributed by atoms with E-state index < -0.39 is 6.10 Å². The fourth-order valence-electron chi connectivity index (χ4n) is 1.71. The molecular formula is C13H14ClNOS. The predicted molar refractivity (Wildman–Crippen MR) is 71.7 cm³/mol. The van der Waals surface area contributed by atoms with Gasteiger partial charge in [0.2, 0.25) is 0 Å². The molecule has 1 N–H and O–H groups in total. The van der Waals surface area contributed by atoms with Crippen LogP contribution in [-0.4, -0.2) is 10.1 Å². The molecule has 0 fully saturated rings. The van der Waals surface area contributed by atoms with Gasteiger partial charge < -0.3 is 5.11 Å². The number of nitrogens with zero attached hydrogens (tertiary/aromatic N) is 1. The lowest BCUT2D eigenvalue weighted by atomic mass is 10.2. The van der Waals surface area contributed by atoms with Gasteiger partial charge in [-0.25, -0.2) is 4.98 Å². The van der Waals surface area contributed by atoms with Crippen molar-refractivity contribution < 1.29 is 5.11 Å². The van der Waals surface area contributed by atoms with E-state index in [2.05, 4.69) is 4.98 Å². The van der Waals surface area contributed by atoms with Crippen molar-refractivity contribution in [3.63, 3.8) is 0 Å². The van der Waals surface area contributed by atoms with Gasteiger partial charge in [0.15, 0.2) is 0 Å². The Kier molecular flexibility index (Phi) is 3.82. The first kappa shape index (κ1) is 12.6. The number of benzene rings is 1. The van der Waals surface area contributed by atoms with Crippen LogP contribution in [0.5, 0.6) is 0 Å². The smallest absolute Gasteiger partial charge is 0.0975 e. The zero-order valence-corrected chi connectivity index (χ0v) is 11.3. The van der Waals surface area contributed by atoms with Gasteiger partial charge in [-0.3, -0.25) is 0 Å². The molecule has 1 unspecified atom stereocenters. The standard InChI is InChI=1S/C13H14ClNOS/c1-8-13(9(2)16)17-12(15-8)7-10-3-5-11(14)6-4-10/h3-6,9,16H,7H2,1-2H3. The van der Waals surface area contributed by atoms with Crippen molar-refractivity contribution in [2.45, 2.75) is 26.4 Å². The average Bonchev–Trinajstić information content (AvgIpc) is 2.63. The number of aliphatic hydroxyl groups excluding tert-OH is 1. The lowest BCUT2D eigenvalue weighted by molar-refractivity contribution is 0.202. The summed E-state index contributed by atoms with van der Waals surface area (Å²) in [5.41, 5.74) is 2.11. The van der Waals surface area contributed by atoms with Crippen LogP contribution in [0.3, 0.4) is 0 Å². The molecule has 0 aliphatic rings. The Morgan fingerprint density at radius 2 is 2.00 bits per heavy atom. The molecule has 0 saturated heterocycles. The zero-order chi connectivity index (χ0) is 12.4. The van der Waals surface area contributed by atoms with Gasteiger partial charge in [-0.15, -0.1) is 11.3 Å². The van der Waals surface area contributed by atoms with Gasteiger partial charge in [-0.1, -0.05) is 23.7 Å². The Labute approximate surface area is 110 Å². The average molecular weight is 268 g/mol. The van der Waals surface area contributed by atoms with Gasteiger partial charge in [0.1, 0.15) is 0 Å². The molecule has 0 spiro atoms. The highest BCUT2D eigenvalue weighted by molar-refractivity contribution is 7.11. The highest BCUT2D eigenvalue weighted by atomic mass is 35.5. The summed E-state index contributed by atoms with van der Waals surface area (Å²) in [4.78, 5) is 5.43. The van der Waals surface area contributed by atoms with E-state index in [0.717, 1.165) is 27.0 Å². The van der Waals surface area contributed by atoms with Crippen molar-refractivity contribution in [3.05, 3.63) is 50.4 Å². The molecule has 0 amide bonds. The van der Waals surface area contributed by atoms with Crippen molar-refractivity contribution in [1.82, 2.24) is 4.98 Å². The fourth-order valence-corrected chi connectivity index (χ4v) is 2.87. The fraction of sp³-hybridized carbons (Fsp3) is 0.308. The van der Waals surface area contributed by atoms with Gasteiger partial charge in [0, 0.05) is 11.4 Å². The minimum absolute atomic E-state index is 0.438. The van der Waals surface area contributed by atoms with Gasteiger partial charge in [-0.2, -0.15) is 0 Å². The summed E-state index contributed by atoms with van der Waals surface area (Å²) < 4.78 is 0. The summed E-state index contributed by atoms with van der Waals surface area (Å²) in [5, 5.41) is 11.3. The highest BCUT2D eigenvalue weighted by Crippen LogP contribution is 2.26. The number of rotatable bonds is 3. The van der Waals surface area contributed by atoms with Crippen LogP contribution in [0.15, 0.2) is 24.3 Å². The van der Waals surface area contributed by atoms with E-state index in [9.17, 15) is 5.11 Å². The minimum atomic E-state index is -0.438. The third kappa shape index (κ3) is 3.06. The highest BCUT2D eigenvalue weighted by Gasteiger charge is 2.12. The van der Waals surface area contributed by atoms with Crippen molar-refractivity contribution in [2.24, 2.45) is 0 Å². The minimum Gasteiger partial charge on any atom is -0.388 e. The monoisotopic (exact) mass is 267 g/mol. The van der Waals surface area contributed by atoms with E-state index in [-0.39, 0.29) is 0 Å². The molecule has 0 aliphatic heterocycles. The second-order valence-electron chi connectivity index (χ2n) is 4.04. The Morgan fingerprint density at radius 1 is 1.35 bits per heavy atom. The maximum Gasteiger partial charge on any atom is 0.0975 e. The zero-order valence-electron chi connectivity index (χ0n) is 9.77.